The number of rotatable bonds is 5. The molecule has 6 heteroatoms. The van der Waals surface area contributed by atoms with Crippen LogP contribution in [0.15, 0.2) is 29.4 Å². The van der Waals surface area contributed by atoms with Crippen molar-refractivity contribution < 1.29 is 14.6 Å². The molecule has 0 bridgehead atoms. The maximum absolute atomic E-state index is 12.2. The van der Waals surface area contributed by atoms with E-state index in [0.717, 1.165) is 18.4 Å². The molecule has 1 aromatic carbocycles. The predicted octanol–water partition coefficient (Wildman–Crippen LogP) is 3.50. The van der Waals surface area contributed by atoms with Crippen LogP contribution in [0.3, 0.4) is 0 Å². The lowest BCUT2D eigenvalue weighted by atomic mass is 9.99. The Morgan fingerprint density at radius 2 is 2.21 bits per heavy atom. The number of ether oxygens (including phenoxy) is 1. The van der Waals surface area contributed by atoms with Crippen molar-refractivity contribution in [3.8, 4) is 11.5 Å². The lowest BCUT2D eigenvalue weighted by Crippen LogP contribution is -2.16. The van der Waals surface area contributed by atoms with Crippen molar-refractivity contribution in [3.05, 3.63) is 45.1 Å². The first kappa shape index (κ1) is 16.5. The van der Waals surface area contributed by atoms with Gasteiger partial charge in [-0.2, -0.15) is 5.10 Å². The van der Waals surface area contributed by atoms with Crippen LogP contribution >= 0.6 is 11.3 Å². The summed E-state index contributed by atoms with van der Waals surface area (Å²) >= 11 is 1.56. The molecule has 24 heavy (non-hydrogen) atoms. The molecule has 0 fully saturated rings. The van der Waals surface area contributed by atoms with E-state index in [1.165, 1.54) is 29.5 Å². The van der Waals surface area contributed by atoms with Crippen molar-refractivity contribution in [2.24, 2.45) is 5.10 Å². The summed E-state index contributed by atoms with van der Waals surface area (Å²) in [6.07, 6.45) is 6.08. The van der Waals surface area contributed by atoms with Crippen LogP contribution in [0.4, 0.5) is 0 Å². The van der Waals surface area contributed by atoms with Gasteiger partial charge in [-0.3, -0.25) is 4.79 Å². The summed E-state index contributed by atoms with van der Waals surface area (Å²) < 4.78 is 5.32. The Balaban J connectivity index is 1.64. The number of amides is 1. The second-order valence-corrected chi connectivity index (χ2v) is 6.76. The van der Waals surface area contributed by atoms with E-state index in [-0.39, 0.29) is 11.7 Å². The van der Waals surface area contributed by atoms with Gasteiger partial charge >= 0.3 is 0 Å². The average molecular weight is 344 g/mol. The quantitative estimate of drug-likeness (QED) is 0.644. The Bertz CT molecular complexity index is 744. The first-order valence-corrected chi connectivity index (χ1v) is 8.90. The third-order valence-electron chi connectivity index (χ3n) is 3.88. The van der Waals surface area contributed by atoms with Crippen LogP contribution in [0.25, 0.3) is 0 Å². The highest BCUT2D eigenvalue weighted by Crippen LogP contribution is 2.29. The molecule has 3 rings (SSSR count). The highest BCUT2D eigenvalue weighted by atomic mass is 32.1. The minimum absolute atomic E-state index is 0.0854. The largest absolute Gasteiger partial charge is 0.504 e. The number of phenolic OH excluding ortho intramolecular Hbond substituents is 1. The number of nitrogens with zero attached hydrogens (tertiary/aromatic N) is 1. The molecule has 2 N–H and O–H groups in total. The van der Waals surface area contributed by atoms with Crippen molar-refractivity contribution >= 4 is 23.5 Å². The predicted molar refractivity (Wildman–Crippen MR) is 95.3 cm³/mol. The number of hydrogen-bond donors (Lipinski definition) is 2. The minimum atomic E-state index is -0.186. The minimum Gasteiger partial charge on any atom is -0.504 e. The number of carbonyl (C=O) groups is 1. The fourth-order valence-electron chi connectivity index (χ4n) is 2.71. The average Bonchev–Trinajstić information content (AvgIpc) is 3.02. The zero-order chi connectivity index (χ0) is 16.9. The number of aromatic hydroxyl groups is 1. The molecule has 2 aromatic rings. The van der Waals surface area contributed by atoms with Gasteiger partial charge in [-0.05, 0) is 68.0 Å². The van der Waals surface area contributed by atoms with Crippen molar-refractivity contribution in [2.75, 3.05) is 6.61 Å². The zero-order valence-corrected chi connectivity index (χ0v) is 14.4. The molecule has 126 valence electrons. The number of carbonyl (C=O) groups excluding carboxylic acids is 1. The molecule has 0 atom stereocenters. The van der Waals surface area contributed by atoms with Crippen LogP contribution in [-0.2, 0) is 12.8 Å². The van der Waals surface area contributed by atoms with Gasteiger partial charge in [-0.1, -0.05) is 0 Å². The summed E-state index contributed by atoms with van der Waals surface area (Å²) in [4.78, 5) is 14.2. The van der Waals surface area contributed by atoms with Gasteiger partial charge in [0.15, 0.2) is 11.5 Å². The number of nitrogens with one attached hydrogen (secondary N) is 1. The van der Waals surface area contributed by atoms with Crippen LogP contribution in [0, 0.1) is 0 Å². The third kappa shape index (κ3) is 3.76. The van der Waals surface area contributed by atoms with Crippen molar-refractivity contribution in [3.63, 3.8) is 0 Å². The molecule has 1 aliphatic rings. The summed E-state index contributed by atoms with van der Waals surface area (Å²) in [5.74, 6) is 0.301. The number of hydrazone groups is 1. The molecule has 0 spiro atoms. The second-order valence-electron chi connectivity index (χ2n) is 5.63. The number of benzene rings is 1. The van der Waals surface area contributed by atoms with Crippen molar-refractivity contribution in [1.82, 2.24) is 5.43 Å². The van der Waals surface area contributed by atoms with Gasteiger partial charge < -0.3 is 9.84 Å². The molecular formula is C18H20N2O3S. The monoisotopic (exact) mass is 344 g/mol. The van der Waals surface area contributed by atoms with Gasteiger partial charge in [0.05, 0.1) is 17.7 Å². The summed E-state index contributed by atoms with van der Waals surface area (Å²) in [5, 5.41) is 13.7. The van der Waals surface area contributed by atoms with E-state index >= 15 is 0 Å². The maximum atomic E-state index is 12.2. The molecule has 0 unspecified atom stereocenters. The molecule has 5 nitrogen and oxygen atoms in total. The highest BCUT2D eigenvalue weighted by molar-refractivity contribution is 7.14. The molecule has 1 amide bonds. The van der Waals surface area contributed by atoms with Gasteiger partial charge in [0, 0.05) is 4.88 Å². The molecule has 1 heterocycles. The summed E-state index contributed by atoms with van der Waals surface area (Å²) in [6, 6.07) is 6.91. The molecule has 0 saturated carbocycles. The normalized spacial score (nSPS) is 13.7. The Hall–Kier alpha value is -2.34. The standard InChI is InChI=1S/C18H20N2O3S/c1-2-23-15-9-12(7-8-14(15)21)11-19-20-18(22)17-10-13-5-3-4-6-16(13)24-17/h7-11,21H,2-6H2,1H3,(H,20,22)/b19-11+. The Morgan fingerprint density at radius 3 is 3.00 bits per heavy atom. The van der Waals surface area contributed by atoms with E-state index in [1.807, 2.05) is 13.0 Å². The van der Waals surface area contributed by atoms with E-state index in [4.69, 9.17) is 4.74 Å². The van der Waals surface area contributed by atoms with Crippen LogP contribution < -0.4 is 10.2 Å². The smallest absolute Gasteiger partial charge is 0.281 e. The van der Waals surface area contributed by atoms with Gasteiger partial charge in [0.1, 0.15) is 0 Å². The molecular weight excluding hydrogens is 324 g/mol. The fourth-order valence-corrected chi connectivity index (χ4v) is 3.85. The fraction of sp³-hybridized carbons (Fsp3) is 0.333. The number of phenols is 1. The number of fused-ring (bicyclic) bond motifs is 1. The number of thiophene rings is 1. The number of hydrogen-bond acceptors (Lipinski definition) is 5. The van der Waals surface area contributed by atoms with Crippen LogP contribution in [0.1, 0.15) is 45.4 Å². The van der Waals surface area contributed by atoms with Gasteiger partial charge in [-0.15, -0.1) is 11.3 Å². The zero-order valence-electron chi connectivity index (χ0n) is 13.5. The summed E-state index contributed by atoms with van der Waals surface area (Å²) in [7, 11) is 0. The van der Waals surface area contributed by atoms with E-state index < -0.39 is 0 Å². The lowest BCUT2D eigenvalue weighted by molar-refractivity contribution is 0.0959. The van der Waals surface area contributed by atoms with Crippen LogP contribution in [-0.4, -0.2) is 23.8 Å². The Kier molecular flexibility index (Phi) is 5.15. The first-order chi connectivity index (χ1) is 11.7. The van der Waals surface area contributed by atoms with Crippen LogP contribution in [0.2, 0.25) is 0 Å². The van der Waals surface area contributed by atoms with Gasteiger partial charge in [-0.25, -0.2) is 5.43 Å². The van der Waals surface area contributed by atoms with Gasteiger partial charge in [0.25, 0.3) is 5.91 Å². The summed E-state index contributed by atoms with van der Waals surface area (Å²) in [5.41, 5.74) is 4.60. The van der Waals surface area contributed by atoms with E-state index in [2.05, 4.69) is 10.5 Å². The topological polar surface area (TPSA) is 70.9 Å². The van der Waals surface area contributed by atoms with Crippen molar-refractivity contribution in [2.45, 2.75) is 32.6 Å². The van der Waals surface area contributed by atoms with E-state index in [1.54, 1.807) is 29.5 Å². The number of aryl methyl sites for hydroxylation is 2. The third-order valence-corrected chi connectivity index (χ3v) is 5.12. The highest BCUT2D eigenvalue weighted by Gasteiger charge is 2.16. The van der Waals surface area contributed by atoms with Crippen LogP contribution in [0.5, 0.6) is 11.5 Å². The van der Waals surface area contributed by atoms with E-state index in [0.29, 0.717) is 17.2 Å². The molecule has 1 aliphatic carbocycles. The molecule has 1 aromatic heterocycles. The lowest BCUT2D eigenvalue weighted by Gasteiger charge is -2.08. The SMILES string of the molecule is CCOc1cc(/C=N/NC(=O)c2cc3c(s2)CCCC3)ccc1O. The van der Waals surface area contributed by atoms with E-state index in [9.17, 15) is 9.90 Å². The molecule has 0 radical (unpaired) electrons. The van der Waals surface area contributed by atoms with Gasteiger partial charge in [0.2, 0.25) is 0 Å². The molecule has 0 saturated heterocycles. The van der Waals surface area contributed by atoms with Crippen molar-refractivity contribution in [1.29, 1.82) is 0 Å². The summed E-state index contributed by atoms with van der Waals surface area (Å²) in [6.45, 7) is 2.31. The molecule has 0 aliphatic heterocycles. The Morgan fingerprint density at radius 1 is 1.38 bits per heavy atom. The first-order valence-electron chi connectivity index (χ1n) is 8.08. The maximum Gasteiger partial charge on any atom is 0.281 e. The second kappa shape index (κ2) is 7.49. The Labute approximate surface area is 145 Å².